The van der Waals surface area contributed by atoms with Crippen LogP contribution in [0.3, 0.4) is 0 Å². The number of hydrogen-bond acceptors (Lipinski definition) is 5. The Hall–Kier alpha value is -1.01. The van der Waals surface area contributed by atoms with Crippen LogP contribution in [-0.2, 0) is 0 Å². The fourth-order valence-electron chi connectivity index (χ4n) is 2.35. The number of nitrogens with one attached hydrogen (secondary N) is 1. The molecule has 2 rings (SSSR count). The van der Waals surface area contributed by atoms with Gasteiger partial charge in [0.05, 0.1) is 5.69 Å². The average molecular weight is 268 g/mol. The third kappa shape index (κ3) is 2.87. The van der Waals surface area contributed by atoms with Crippen LogP contribution in [0.25, 0.3) is 0 Å². The minimum atomic E-state index is 0.0954. The van der Waals surface area contributed by atoms with Crippen molar-refractivity contribution in [2.24, 2.45) is 0 Å². The molecule has 2 heterocycles. The van der Waals surface area contributed by atoms with E-state index in [-0.39, 0.29) is 5.91 Å². The Morgan fingerprint density at radius 3 is 3.00 bits per heavy atom. The molecule has 1 aliphatic heterocycles. The molecular weight excluding hydrogens is 248 g/mol. The number of piperidine rings is 1. The van der Waals surface area contributed by atoms with Crippen molar-refractivity contribution in [2.75, 3.05) is 19.6 Å². The average Bonchev–Trinajstić information content (AvgIpc) is 2.82. The molecular formula is C12H20N4OS. The third-order valence-corrected chi connectivity index (χ3v) is 4.10. The Morgan fingerprint density at radius 2 is 2.44 bits per heavy atom. The topological polar surface area (TPSA) is 58.1 Å². The van der Waals surface area contributed by atoms with E-state index in [2.05, 4.69) is 21.8 Å². The Labute approximate surface area is 112 Å². The van der Waals surface area contributed by atoms with Crippen LogP contribution < -0.4 is 5.32 Å². The van der Waals surface area contributed by atoms with Gasteiger partial charge in [-0.1, -0.05) is 11.4 Å². The molecule has 0 saturated carbocycles. The van der Waals surface area contributed by atoms with E-state index < -0.39 is 0 Å². The molecule has 18 heavy (non-hydrogen) atoms. The van der Waals surface area contributed by atoms with Crippen molar-refractivity contribution in [3.8, 4) is 0 Å². The zero-order valence-corrected chi connectivity index (χ0v) is 11.8. The van der Waals surface area contributed by atoms with Crippen molar-refractivity contribution in [1.29, 1.82) is 0 Å². The highest BCUT2D eigenvalue weighted by Crippen LogP contribution is 2.18. The predicted molar refractivity (Wildman–Crippen MR) is 71.9 cm³/mol. The summed E-state index contributed by atoms with van der Waals surface area (Å²) in [5, 5.41) is 7.30. The van der Waals surface area contributed by atoms with Crippen molar-refractivity contribution >= 4 is 17.4 Å². The van der Waals surface area contributed by atoms with Gasteiger partial charge in [-0.05, 0) is 44.3 Å². The molecule has 1 N–H and O–H groups in total. The maximum absolute atomic E-state index is 12.5. The standard InChI is InChI=1S/C12H20N4OS/c1-3-7-16(10-5-4-6-13-8-10)12(17)11-9(2)14-15-18-11/h10,13H,3-8H2,1-2H3. The molecule has 1 atom stereocenters. The minimum absolute atomic E-state index is 0.0954. The van der Waals surface area contributed by atoms with Crippen LogP contribution in [0, 0.1) is 6.92 Å². The van der Waals surface area contributed by atoms with Crippen LogP contribution >= 0.6 is 11.5 Å². The number of carbonyl (C=O) groups excluding carboxylic acids is 1. The van der Waals surface area contributed by atoms with Crippen molar-refractivity contribution in [3.05, 3.63) is 10.6 Å². The van der Waals surface area contributed by atoms with Crippen molar-refractivity contribution < 1.29 is 4.79 Å². The van der Waals surface area contributed by atoms with E-state index in [1.807, 2.05) is 11.8 Å². The molecule has 5 nitrogen and oxygen atoms in total. The summed E-state index contributed by atoms with van der Waals surface area (Å²) in [7, 11) is 0. The van der Waals surface area contributed by atoms with E-state index in [0.29, 0.717) is 10.9 Å². The first kappa shape index (κ1) is 13.4. The Morgan fingerprint density at radius 1 is 1.61 bits per heavy atom. The van der Waals surface area contributed by atoms with Gasteiger partial charge in [0.15, 0.2) is 0 Å². The zero-order chi connectivity index (χ0) is 13.0. The lowest BCUT2D eigenvalue weighted by molar-refractivity contribution is 0.0653. The maximum atomic E-state index is 12.5. The van der Waals surface area contributed by atoms with E-state index in [1.54, 1.807) is 0 Å². The highest BCUT2D eigenvalue weighted by molar-refractivity contribution is 7.07. The third-order valence-electron chi connectivity index (χ3n) is 3.28. The molecule has 1 aromatic rings. The molecule has 0 spiro atoms. The second kappa shape index (κ2) is 6.24. The van der Waals surface area contributed by atoms with Gasteiger partial charge in [0, 0.05) is 19.1 Å². The number of amides is 1. The summed E-state index contributed by atoms with van der Waals surface area (Å²) in [6.07, 6.45) is 3.20. The number of rotatable bonds is 4. The van der Waals surface area contributed by atoms with Crippen molar-refractivity contribution in [1.82, 2.24) is 19.8 Å². The summed E-state index contributed by atoms with van der Waals surface area (Å²) in [6.45, 7) is 6.72. The molecule has 1 fully saturated rings. The summed E-state index contributed by atoms with van der Waals surface area (Å²) < 4.78 is 3.86. The maximum Gasteiger partial charge on any atom is 0.267 e. The fourth-order valence-corrected chi connectivity index (χ4v) is 2.96. The molecule has 0 bridgehead atoms. The van der Waals surface area contributed by atoms with Crippen LogP contribution in [0.15, 0.2) is 0 Å². The van der Waals surface area contributed by atoms with Gasteiger partial charge in [0.2, 0.25) is 0 Å². The van der Waals surface area contributed by atoms with E-state index >= 15 is 0 Å². The van der Waals surface area contributed by atoms with Crippen LogP contribution in [0.1, 0.15) is 41.6 Å². The van der Waals surface area contributed by atoms with E-state index in [1.165, 1.54) is 11.5 Å². The van der Waals surface area contributed by atoms with Crippen molar-refractivity contribution in [2.45, 2.75) is 39.2 Å². The first-order chi connectivity index (χ1) is 8.74. The zero-order valence-electron chi connectivity index (χ0n) is 11.0. The summed E-state index contributed by atoms with van der Waals surface area (Å²) in [5.74, 6) is 0.0954. The van der Waals surface area contributed by atoms with Gasteiger partial charge < -0.3 is 10.2 Å². The SMILES string of the molecule is CCCN(C(=O)c1snnc1C)C1CCCNC1. The molecule has 1 saturated heterocycles. The molecule has 0 aromatic carbocycles. The first-order valence-corrected chi connectivity index (χ1v) is 7.32. The largest absolute Gasteiger partial charge is 0.334 e. The van der Waals surface area contributed by atoms with E-state index in [9.17, 15) is 4.79 Å². The monoisotopic (exact) mass is 268 g/mol. The second-order valence-electron chi connectivity index (χ2n) is 4.69. The Bertz CT molecular complexity index is 401. The first-order valence-electron chi connectivity index (χ1n) is 6.54. The lowest BCUT2D eigenvalue weighted by atomic mass is 10.1. The van der Waals surface area contributed by atoms with Gasteiger partial charge in [0.25, 0.3) is 5.91 Å². The van der Waals surface area contributed by atoms with Crippen molar-refractivity contribution in [3.63, 3.8) is 0 Å². The highest BCUT2D eigenvalue weighted by Gasteiger charge is 2.27. The van der Waals surface area contributed by atoms with Gasteiger partial charge in [0.1, 0.15) is 4.88 Å². The number of carbonyl (C=O) groups is 1. The number of nitrogens with zero attached hydrogens (tertiary/aromatic N) is 3. The Kier molecular flexibility index (Phi) is 4.66. The van der Waals surface area contributed by atoms with Crippen LogP contribution in [0.2, 0.25) is 0 Å². The summed E-state index contributed by atoms with van der Waals surface area (Å²) >= 11 is 1.20. The molecule has 0 aliphatic carbocycles. The summed E-state index contributed by atoms with van der Waals surface area (Å²) in [4.78, 5) is 15.2. The second-order valence-corrected chi connectivity index (χ2v) is 5.44. The number of aromatic nitrogens is 2. The minimum Gasteiger partial charge on any atom is -0.334 e. The lowest BCUT2D eigenvalue weighted by Gasteiger charge is -2.34. The van der Waals surface area contributed by atoms with Gasteiger partial charge in [-0.25, -0.2) is 0 Å². The normalized spacial score (nSPS) is 19.8. The predicted octanol–water partition coefficient (Wildman–Crippen LogP) is 1.45. The van der Waals surface area contributed by atoms with Crippen LogP contribution in [0.5, 0.6) is 0 Å². The smallest absolute Gasteiger partial charge is 0.267 e. The quantitative estimate of drug-likeness (QED) is 0.898. The van der Waals surface area contributed by atoms with Gasteiger partial charge >= 0.3 is 0 Å². The van der Waals surface area contributed by atoms with Crippen LogP contribution in [-0.4, -0.2) is 46.1 Å². The van der Waals surface area contributed by atoms with Crippen LogP contribution in [0.4, 0.5) is 0 Å². The van der Waals surface area contributed by atoms with Gasteiger partial charge in [-0.3, -0.25) is 4.79 Å². The molecule has 1 aliphatic rings. The molecule has 100 valence electrons. The van der Waals surface area contributed by atoms with Gasteiger partial charge in [-0.2, -0.15) is 0 Å². The highest BCUT2D eigenvalue weighted by atomic mass is 32.1. The van der Waals surface area contributed by atoms with Gasteiger partial charge in [-0.15, -0.1) is 5.10 Å². The Balaban J connectivity index is 2.13. The summed E-state index contributed by atoms with van der Waals surface area (Å²) in [6, 6.07) is 0.313. The molecule has 1 unspecified atom stereocenters. The number of hydrogen-bond donors (Lipinski definition) is 1. The van der Waals surface area contributed by atoms with E-state index in [4.69, 9.17) is 0 Å². The number of aryl methyl sites for hydroxylation is 1. The molecule has 0 radical (unpaired) electrons. The lowest BCUT2D eigenvalue weighted by Crippen LogP contribution is -2.49. The van der Waals surface area contributed by atoms with E-state index in [0.717, 1.165) is 44.6 Å². The summed E-state index contributed by atoms with van der Waals surface area (Å²) in [5.41, 5.74) is 0.745. The molecule has 6 heteroatoms. The molecule has 1 amide bonds. The fraction of sp³-hybridized carbons (Fsp3) is 0.750. The molecule has 1 aromatic heterocycles.